The summed E-state index contributed by atoms with van der Waals surface area (Å²) in [5, 5.41) is 7.14. The minimum Gasteiger partial charge on any atom is -0.377 e. The van der Waals surface area contributed by atoms with E-state index in [9.17, 15) is 8.42 Å². The number of aryl methyl sites for hydroxylation is 2. The van der Waals surface area contributed by atoms with Crippen LogP contribution >= 0.6 is 0 Å². The van der Waals surface area contributed by atoms with Gasteiger partial charge in [-0.05, 0) is 32.9 Å². The fourth-order valence-corrected chi connectivity index (χ4v) is 3.18. The van der Waals surface area contributed by atoms with E-state index in [1.165, 1.54) is 6.26 Å². The zero-order valence-electron chi connectivity index (χ0n) is 12.0. The van der Waals surface area contributed by atoms with Crippen LogP contribution in [0.3, 0.4) is 0 Å². The molecular formula is C14H18N2O3S. The topological polar surface area (TPSA) is 72.2 Å². The molecule has 0 amide bonds. The SMILES string of the molecule is Cc1noc(C)c1C(C)Nc1ccccc1S(C)(=O)=O. The molecule has 0 saturated carbocycles. The highest BCUT2D eigenvalue weighted by molar-refractivity contribution is 7.90. The van der Waals surface area contributed by atoms with Crippen LogP contribution in [0.25, 0.3) is 0 Å². The van der Waals surface area contributed by atoms with Crippen LogP contribution in [0.15, 0.2) is 33.7 Å². The summed E-state index contributed by atoms with van der Waals surface area (Å²) in [5.74, 6) is 0.735. The van der Waals surface area contributed by atoms with E-state index in [1.807, 2.05) is 20.8 Å². The Morgan fingerprint density at radius 1 is 1.25 bits per heavy atom. The van der Waals surface area contributed by atoms with Gasteiger partial charge in [0.15, 0.2) is 9.84 Å². The lowest BCUT2D eigenvalue weighted by atomic mass is 10.1. The van der Waals surface area contributed by atoms with E-state index < -0.39 is 9.84 Å². The molecule has 5 nitrogen and oxygen atoms in total. The number of hydrogen-bond acceptors (Lipinski definition) is 5. The van der Waals surface area contributed by atoms with Gasteiger partial charge in [0.1, 0.15) is 5.76 Å². The zero-order chi connectivity index (χ0) is 14.9. The molecule has 2 aromatic rings. The van der Waals surface area contributed by atoms with Crippen molar-refractivity contribution in [3.05, 3.63) is 41.3 Å². The van der Waals surface area contributed by atoms with Gasteiger partial charge in [-0.25, -0.2) is 8.42 Å². The number of sulfone groups is 1. The van der Waals surface area contributed by atoms with E-state index >= 15 is 0 Å². The van der Waals surface area contributed by atoms with Crippen LogP contribution < -0.4 is 5.32 Å². The van der Waals surface area contributed by atoms with Crippen LogP contribution in [-0.2, 0) is 9.84 Å². The number of aromatic nitrogens is 1. The van der Waals surface area contributed by atoms with Crippen LogP contribution in [-0.4, -0.2) is 19.8 Å². The molecule has 108 valence electrons. The van der Waals surface area contributed by atoms with E-state index in [2.05, 4.69) is 10.5 Å². The molecule has 0 spiro atoms. The summed E-state index contributed by atoms with van der Waals surface area (Å²) in [5.41, 5.74) is 2.34. The largest absolute Gasteiger partial charge is 0.377 e. The summed E-state index contributed by atoms with van der Waals surface area (Å²) in [6.07, 6.45) is 1.20. The highest BCUT2D eigenvalue weighted by Gasteiger charge is 2.19. The van der Waals surface area contributed by atoms with Gasteiger partial charge in [-0.3, -0.25) is 0 Å². The quantitative estimate of drug-likeness (QED) is 0.938. The van der Waals surface area contributed by atoms with E-state index in [0.29, 0.717) is 10.6 Å². The average molecular weight is 294 g/mol. The molecule has 2 rings (SSSR count). The van der Waals surface area contributed by atoms with Crippen LogP contribution in [0.5, 0.6) is 0 Å². The first kappa shape index (κ1) is 14.6. The molecule has 1 N–H and O–H groups in total. The van der Waals surface area contributed by atoms with Crippen molar-refractivity contribution in [2.75, 3.05) is 11.6 Å². The highest BCUT2D eigenvalue weighted by atomic mass is 32.2. The van der Waals surface area contributed by atoms with Crippen molar-refractivity contribution >= 4 is 15.5 Å². The summed E-state index contributed by atoms with van der Waals surface area (Å²) in [7, 11) is -3.27. The minimum atomic E-state index is -3.27. The predicted octanol–water partition coefficient (Wildman–Crippen LogP) is 2.87. The Balaban J connectivity index is 2.36. The Kier molecular flexibility index (Phi) is 3.85. The van der Waals surface area contributed by atoms with Crippen molar-refractivity contribution in [2.24, 2.45) is 0 Å². The summed E-state index contributed by atoms with van der Waals surface area (Å²) >= 11 is 0. The van der Waals surface area contributed by atoms with E-state index in [0.717, 1.165) is 17.0 Å². The Hall–Kier alpha value is -1.82. The van der Waals surface area contributed by atoms with Crippen molar-refractivity contribution in [1.29, 1.82) is 0 Å². The van der Waals surface area contributed by atoms with Gasteiger partial charge in [-0.15, -0.1) is 0 Å². The van der Waals surface area contributed by atoms with Gasteiger partial charge in [-0.2, -0.15) is 0 Å². The molecule has 20 heavy (non-hydrogen) atoms. The second-order valence-corrected chi connectivity index (χ2v) is 6.86. The smallest absolute Gasteiger partial charge is 0.177 e. The maximum atomic E-state index is 11.8. The summed E-state index contributed by atoms with van der Waals surface area (Å²) in [6.45, 7) is 5.66. The number of nitrogens with one attached hydrogen (secondary N) is 1. The van der Waals surface area contributed by atoms with Gasteiger partial charge in [0.25, 0.3) is 0 Å². The lowest BCUT2D eigenvalue weighted by Gasteiger charge is -2.17. The summed E-state index contributed by atoms with van der Waals surface area (Å²) in [4.78, 5) is 0.290. The number of benzene rings is 1. The molecule has 0 aliphatic heterocycles. The lowest BCUT2D eigenvalue weighted by molar-refractivity contribution is 0.392. The Morgan fingerprint density at radius 2 is 1.90 bits per heavy atom. The van der Waals surface area contributed by atoms with Gasteiger partial charge >= 0.3 is 0 Å². The van der Waals surface area contributed by atoms with Crippen molar-refractivity contribution in [1.82, 2.24) is 5.16 Å². The van der Waals surface area contributed by atoms with Crippen LogP contribution in [0, 0.1) is 13.8 Å². The van der Waals surface area contributed by atoms with Gasteiger partial charge in [0.2, 0.25) is 0 Å². The van der Waals surface area contributed by atoms with Crippen LogP contribution in [0.1, 0.15) is 30.0 Å². The van der Waals surface area contributed by atoms with E-state index in [1.54, 1.807) is 24.3 Å². The van der Waals surface area contributed by atoms with E-state index in [-0.39, 0.29) is 6.04 Å². The second-order valence-electron chi connectivity index (χ2n) is 4.87. The molecule has 0 aliphatic carbocycles. The third kappa shape index (κ3) is 2.85. The molecule has 0 fully saturated rings. The molecule has 6 heteroatoms. The number of hydrogen-bond donors (Lipinski definition) is 1. The number of para-hydroxylation sites is 1. The molecule has 1 aromatic heterocycles. The first-order valence-corrected chi connectivity index (χ1v) is 8.18. The predicted molar refractivity (Wildman–Crippen MR) is 77.6 cm³/mol. The van der Waals surface area contributed by atoms with Crippen molar-refractivity contribution in [3.8, 4) is 0 Å². The normalized spacial score (nSPS) is 13.2. The molecule has 1 heterocycles. The lowest BCUT2D eigenvalue weighted by Crippen LogP contribution is -2.11. The molecule has 0 aliphatic rings. The van der Waals surface area contributed by atoms with Gasteiger partial charge < -0.3 is 9.84 Å². The standard InChI is InChI=1S/C14H18N2O3S/c1-9(14-10(2)16-19-11(14)3)15-12-7-5-6-8-13(12)20(4,17)18/h5-9,15H,1-4H3. The number of anilines is 1. The van der Waals surface area contributed by atoms with Crippen molar-refractivity contribution in [2.45, 2.75) is 31.7 Å². The first-order chi connectivity index (χ1) is 9.30. The minimum absolute atomic E-state index is 0.0934. The molecular weight excluding hydrogens is 276 g/mol. The van der Waals surface area contributed by atoms with Gasteiger partial charge in [-0.1, -0.05) is 17.3 Å². The van der Waals surface area contributed by atoms with Gasteiger partial charge in [0, 0.05) is 11.8 Å². The Morgan fingerprint density at radius 3 is 2.45 bits per heavy atom. The molecule has 1 aromatic carbocycles. The van der Waals surface area contributed by atoms with Crippen molar-refractivity contribution < 1.29 is 12.9 Å². The van der Waals surface area contributed by atoms with E-state index in [4.69, 9.17) is 4.52 Å². The third-order valence-electron chi connectivity index (χ3n) is 3.18. The monoisotopic (exact) mass is 294 g/mol. The average Bonchev–Trinajstić information content (AvgIpc) is 2.68. The summed E-state index contributed by atoms with van der Waals surface area (Å²) in [6, 6.07) is 6.77. The number of rotatable bonds is 4. The summed E-state index contributed by atoms with van der Waals surface area (Å²) < 4.78 is 28.7. The fourth-order valence-electron chi connectivity index (χ4n) is 2.32. The van der Waals surface area contributed by atoms with Gasteiger partial charge in [0.05, 0.1) is 22.3 Å². The molecule has 1 unspecified atom stereocenters. The van der Waals surface area contributed by atoms with Crippen molar-refractivity contribution in [3.63, 3.8) is 0 Å². The Labute approximate surface area is 118 Å². The Bertz CT molecular complexity index is 700. The molecule has 0 saturated heterocycles. The highest BCUT2D eigenvalue weighted by Crippen LogP contribution is 2.28. The third-order valence-corrected chi connectivity index (χ3v) is 4.34. The molecule has 0 radical (unpaired) electrons. The van der Waals surface area contributed by atoms with Crippen LogP contribution in [0.4, 0.5) is 5.69 Å². The zero-order valence-corrected chi connectivity index (χ0v) is 12.8. The molecule has 1 atom stereocenters. The number of nitrogens with zero attached hydrogens (tertiary/aromatic N) is 1. The maximum absolute atomic E-state index is 11.8. The van der Waals surface area contributed by atoms with Crippen LogP contribution in [0.2, 0.25) is 0 Å². The second kappa shape index (κ2) is 5.28. The fraction of sp³-hybridized carbons (Fsp3) is 0.357. The maximum Gasteiger partial charge on any atom is 0.177 e. The first-order valence-electron chi connectivity index (χ1n) is 6.29. The molecule has 0 bridgehead atoms.